The molecule has 0 aliphatic carbocycles. The van der Waals surface area contributed by atoms with Crippen LogP contribution in [0.25, 0.3) is 0 Å². The van der Waals surface area contributed by atoms with E-state index in [0.717, 1.165) is 22.1 Å². The van der Waals surface area contributed by atoms with Gasteiger partial charge in [-0.05, 0) is 6.42 Å². The molecule has 0 aliphatic heterocycles. The molecule has 1 heterocycles. The lowest BCUT2D eigenvalue weighted by atomic mass is 10.2. The number of rotatable bonds is 5. The molecule has 0 saturated heterocycles. The van der Waals surface area contributed by atoms with Gasteiger partial charge in [0.2, 0.25) is 5.82 Å². The maximum absolute atomic E-state index is 11.8. The van der Waals surface area contributed by atoms with Crippen LogP contribution in [0.4, 0.5) is 5.82 Å². The molecule has 7 nitrogen and oxygen atoms in total. The van der Waals surface area contributed by atoms with Crippen LogP contribution in [0.1, 0.15) is 19.8 Å². The van der Waals surface area contributed by atoms with Crippen molar-refractivity contribution in [3.05, 3.63) is 20.8 Å². The van der Waals surface area contributed by atoms with E-state index < -0.39 is 11.2 Å². The Bertz CT molecular complexity index is 490. The molecule has 1 aromatic heterocycles. The molecule has 3 N–H and O–H groups in total. The zero-order valence-electron chi connectivity index (χ0n) is 10.4. The van der Waals surface area contributed by atoms with Gasteiger partial charge in [0.25, 0.3) is 5.56 Å². The number of aromatic nitrogens is 3. The fraction of sp³-hybridized carbons (Fsp3) is 0.700. The lowest BCUT2D eigenvalue weighted by Gasteiger charge is -2.16. The molecule has 1 unspecified atom stereocenters. The Balaban J connectivity index is 3.07. The largest absolute Gasteiger partial charge is 0.360 e. The molecule has 0 aromatic carbocycles. The van der Waals surface area contributed by atoms with Gasteiger partial charge in [-0.1, -0.05) is 13.3 Å². The summed E-state index contributed by atoms with van der Waals surface area (Å²) in [4.78, 5) is 23.2. The van der Waals surface area contributed by atoms with Crippen molar-refractivity contribution in [3.8, 4) is 0 Å². The Morgan fingerprint density at radius 1 is 1.41 bits per heavy atom. The Morgan fingerprint density at radius 3 is 2.59 bits per heavy atom. The second-order valence-electron chi connectivity index (χ2n) is 3.98. The molecule has 0 saturated carbocycles. The van der Waals surface area contributed by atoms with Crippen molar-refractivity contribution >= 4 is 5.82 Å². The maximum atomic E-state index is 11.8. The molecule has 17 heavy (non-hydrogen) atoms. The average molecular weight is 241 g/mol. The number of nitrogens with zero attached hydrogens (tertiary/aromatic N) is 3. The van der Waals surface area contributed by atoms with E-state index in [2.05, 4.69) is 10.4 Å². The van der Waals surface area contributed by atoms with Crippen LogP contribution < -0.4 is 22.3 Å². The van der Waals surface area contributed by atoms with Crippen molar-refractivity contribution in [3.63, 3.8) is 0 Å². The highest BCUT2D eigenvalue weighted by atomic mass is 16.2. The van der Waals surface area contributed by atoms with Crippen LogP contribution in [0, 0.1) is 0 Å². The molecule has 0 spiro atoms. The normalized spacial score (nSPS) is 12.5. The fourth-order valence-corrected chi connectivity index (χ4v) is 1.58. The molecule has 0 fully saturated rings. The summed E-state index contributed by atoms with van der Waals surface area (Å²) in [5.41, 5.74) is 4.72. The molecule has 1 rings (SSSR count). The highest BCUT2D eigenvalue weighted by Crippen LogP contribution is 2.01. The van der Waals surface area contributed by atoms with E-state index in [1.54, 1.807) is 0 Å². The lowest BCUT2D eigenvalue weighted by molar-refractivity contribution is 0.588. The smallest absolute Gasteiger partial charge is 0.346 e. The molecule has 1 atom stereocenters. The SMILES string of the molecule is CCCC(CN)Nc1nn(C)c(=O)n(C)c1=O. The summed E-state index contributed by atoms with van der Waals surface area (Å²) in [5.74, 6) is 0.165. The first-order valence-corrected chi connectivity index (χ1v) is 5.62. The van der Waals surface area contributed by atoms with Gasteiger partial charge in [0.1, 0.15) is 0 Å². The summed E-state index contributed by atoms with van der Waals surface area (Å²) < 4.78 is 2.15. The minimum absolute atomic E-state index is 0.00213. The van der Waals surface area contributed by atoms with Crippen molar-refractivity contribution in [2.24, 2.45) is 19.8 Å². The summed E-state index contributed by atoms with van der Waals surface area (Å²) in [7, 11) is 2.93. The van der Waals surface area contributed by atoms with E-state index >= 15 is 0 Å². The van der Waals surface area contributed by atoms with E-state index in [0.29, 0.717) is 6.54 Å². The van der Waals surface area contributed by atoms with E-state index in [1.165, 1.54) is 14.1 Å². The van der Waals surface area contributed by atoms with Crippen molar-refractivity contribution < 1.29 is 0 Å². The number of nitrogens with one attached hydrogen (secondary N) is 1. The zero-order chi connectivity index (χ0) is 13.0. The van der Waals surface area contributed by atoms with Crippen LogP contribution in [-0.2, 0) is 14.1 Å². The molecule has 7 heteroatoms. The predicted molar refractivity (Wildman–Crippen MR) is 66.1 cm³/mol. The number of hydrogen-bond donors (Lipinski definition) is 2. The zero-order valence-corrected chi connectivity index (χ0v) is 10.4. The maximum Gasteiger partial charge on any atom is 0.346 e. The molecule has 0 aliphatic rings. The Labute approximate surface area is 99.2 Å². The fourth-order valence-electron chi connectivity index (χ4n) is 1.58. The third-order valence-electron chi connectivity index (χ3n) is 2.58. The quantitative estimate of drug-likeness (QED) is 0.690. The van der Waals surface area contributed by atoms with Gasteiger partial charge in [0.15, 0.2) is 0 Å². The van der Waals surface area contributed by atoms with Gasteiger partial charge >= 0.3 is 5.69 Å². The number of nitrogens with two attached hydrogens (primary N) is 1. The highest BCUT2D eigenvalue weighted by molar-refractivity contribution is 5.31. The molecule has 96 valence electrons. The van der Waals surface area contributed by atoms with Gasteiger partial charge in [0.05, 0.1) is 0 Å². The Hall–Kier alpha value is -1.63. The topological polar surface area (TPSA) is 94.9 Å². The average Bonchev–Trinajstić information content (AvgIpc) is 2.32. The molecule has 1 aromatic rings. The van der Waals surface area contributed by atoms with Gasteiger partial charge in [-0.2, -0.15) is 0 Å². The molecule has 0 radical (unpaired) electrons. The van der Waals surface area contributed by atoms with Crippen LogP contribution in [-0.4, -0.2) is 26.9 Å². The van der Waals surface area contributed by atoms with Crippen molar-refractivity contribution in [2.75, 3.05) is 11.9 Å². The first-order valence-electron chi connectivity index (χ1n) is 5.62. The van der Waals surface area contributed by atoms with E-state index in [4.69, 9.17) is 5.73 Å². The lowest BCUT2D eigenvalue weighted by Crippen LogP contribution is -2.42. The van der Waals surface area contributed by atoms with E-state index in [-0.39, 0.29) is 11.9 Å². The minimum Gasteiger partial charge on any atom is -0.360 e. The second kappa shape index (κ2) is 5.62. The van der Waals surface area contributed by atoms with Crippen LogP contribution in [0.2, 0.25) is 0 Å². The number of anilines is 1. The van der Waals surface area contributed by atoms with Gasteiger partial charge in [-0.15, -0.1) is 5.10 Å². The minimum atomic E-state index is -0.444. The summed E-state index contributed by atoms with van der Waals surface area (Å²) in [6, 6.07) is -0.00213. The number of hydrogen-bond acceptors (Lipinski definition) is 5. The third-order valence-corrected chi connectivity index (χ3v) is 2.58. The molecular formula is C10H19N5O2. The van der Waals surface area contributed by atoms with Gasteiger partial charge in [0, 0.05) is 26.7 Å². The Morgan fingerprint density at radius 2 is 2.06 bits per heavy atom. The van der Waals surface area contributed by atoms with Crippen LogP contribution in [0.15, 0.2) is 9.59 Å². The van der Waals surface area contributed by atoms with Crippen LogP contribution in [0.5, 0.6) is 0 Å². The van der Waals surface area contributed by atoms with Crippen LogP contribution in [0.3, 0.4) is 0 Å². The summed E-state index contributed by atoms with van der Waals surface area (Å²) >= 11 is 0. The molecule has 0 bridgehead atoms. The summed E-state index contributed by atoms with van der Waals surface area (Å²) in [5, 5.41) is 6.88. The first-order chi connectivity index (χ1) is 8.01. The Kier molecular flexibility index (Phi) is 4.45. The van der Waals surface area contributed by atoms with E-state index in [9.17, 15) is 9.59 Å². The summed E-state index contributed by atoms with van der Waals surface area (Å²) in [6.07, 6.45) is 1.81. The highest BCUT2D eigenvalue weighted by Gasteiger charge is 2.12. The molecule has 0 amide bonds. The summed E-state index contributed by atoms with van der Waals surface area (Å²) in [6.45, 7) is 2.46. The van der Waals surface area contributed by atoms with Gasteiger partial charge < -0.3 is 11.1 Å². The third kappa shape index (κ3) is 2.94. The molecular weight excluding hydrogens is 222 g/mol. The number of aryl methyl sites for hydroxylation is 1. The van der Waals surface area contributed by atoms with Gasteiger partial charge in [-0.25, -0.2) is 9.48 Å². The second-order valence-corrected chi connectivity index (χ2v) is 3.98. The van der Waals surface area contributed by atoms with Crippen molar-refractivity contribution in [1.82, 2.24) is 14.3 Å². The monoisotopic (exact) mass is 241 g/mol. The predicted octanol–water partition coefficient (Wildman–Crippen LogP) is -0.982. The van der Waals surface area contributed by atoms with E-state index in [1.807, 2.05) is 6.92 Å². The van der Waals surface area contributed by atoms with Gasteiger partial charge in [-0.3, -0.25) is 9.36 Å². The standard InChI is InChI=1S/C10H19N5O2/c1-4-5-7(6-11)12-8-9(16)14(2)10(17)15(3)13-8/h7H,4-6,11H2,1-3H3,(H,12,13). The first kappa shape index (κ1) is 13.4. The van der Waals surface area contributed by atoms with Crippen molar-refractivity contribution in [1.29, 1.82) is 0 Å². The van der Waals surface area contributed by atoms with Crippen LogP contribution >= 0.6 is 0 Å². The van der Waals surface area contributed by atoms with Crippen molar-refractivity contribution in [2.45, 2.75) is 25.8 Å².